The summed E-state index contributed by atoms with van der Waals surface area (Å²) in [7, 11) is 0. The molecule has 0 bridgehead atoms. The van der Waals surface area contributed by atoms with Crippen LogP contribution in [0.3, 0.4) is 0 Å². The highest BCUT2D eigenvalue weighted by atomic mass is 19.4. The smallest absolute Gasteiger partial charge is 0.406 e. The number of aliphatic hydroxyl groups excluding tert-OH is 1. The van der Waals surface area contributed by atoms with Crippen LogP contribution in [0, 0.1) is 0 Å². The largest absolute Gasteiger partial charge is 0.573 e. The number of amides is 1. The van der Waals surface area contributed by atoms with Gasteiger partial charge in [0.2, 0.25) is 5.91 Å². The SMILES string of the molecule is CC(C)c1nc2c(CCNC(=O)CO)cc(-c3ccc(OC(F)(F)F)cc3)cc2[nH]c1=O. The third-order valence-electron chi connectivity index (χ3n) is 4.73. The monoisotopic (exact) mass is 449 g/mol. The summed E-state index contributed by atoms with van der Waals surface area (Å²) in [6.45, 7) is 3.30. The van der Waals surface area contributed by atoms with Crippen LogP contribution >= 0.6 is 0 Å². The van der Waals surface area contributed by atoms with Gasteiger partial charge in [-0.2, -0.15) is 0 Å². The number of alkyl halides is 3. The van der Waals surface area contributed by atoms with Crippen LogP contribution < -0.4 is 15.6 Å². The fourth-order valence-electron chi connectivity index (χ4n) is 3.27. The maximum atomic E-state index is 12.4. The number of halogens is 3. The second-order valence-electron chi connectivity index (χ2n) is 7.47. The molecule has 0 saturated heterocycles. The van der Waals surface area contributed by atoms with Crippen molar-refractivity contribution < 1.29 is 27.8 Å². The zero-order valence-corrected chi connectivity index (χ0v) is 17.4. The van der Waals surface area contributed by atoms with Gasteiger partial charge in [-0.05, 0) is 47.4 Å². The van der Waals surface area contributed by atoms with Gasteiger partial charge in [0.1, 0.15) is 18.1 Å². The molecule has 3 N–H and O–H groups in total. The lowest BCUT2D eigenvalue weighted by Gasteiger charge is -2.13. The molecule has 10 heteroatoms. The van der Waals surface area contributed by atoms with Crippen LogP contribution in [-0.4, -0.2) is 40.5 Å². The summed E-state index contributed by atoms with van der Waals surface area (Å²) in [5, 5.41) is 11.4. The van der Waals surface area contributed by atoms with Gasteiger partial charge in [-0.1, -0.05) is 26.0 Å². The van der Waals surface area contributed by atoms with E-state index in [2.05, 4.69) is 20.0 Å². The maximum Gasteiger partial charge on any atom is 0.573 e. The first kappa shape index (κ1) is 23.3. The van der Waals surface area contributed by atoms with E-state index in [9.17, 15) is 22.8 Å². The Bertz CT molecular complexity index is 1170. The van der Waals surface area contributed by atoms with Crippen molar-refractivity contribution in [2.75, 3.05) is 13.2 Å². The highest BCUT2D eigenvalue weighted by Gasteiger charge is 2.31. The predicted molar refractivity (Wildman–Crippen MR) is 112 cm³/mol. The van der Waals surface area contributed by atoms with Gasteiger partial charge in [0.25, 0.3) is 5.56 Å². The summed E-state index contributed by atoms with van der Waals surface area (Å²) in [5.74, 6) is -0.966. The first-order chi connectivity index (χ1) is 15.1. The van der Waals surface area contributed by atoms with Gasteiger partial charge >= 0.3 is 6.36 Å². The molecular weight excluding hydrogens is 427 g/mol. The van der Waals surface area contributed by atoms with Crippen molar-refractivity contribution in [3.8, 4) is 16.9 Å². The summed E-state index contributed by atoms with van der Waals surface area (Å²) < 4.78 is 41.1. The van der Waals surface area contributed by atoms with Crippen molar-refractivity contribution in [1.82, 2.24) is 15.3 Å². The van der Waals surface area contributed by atoms with Crippen LogP contribution in [0.2, 0.25) is 0 Å². The average molecular weight is 449 g/mol. The van der Waals surface area contributed by atoms with Crippen LogP contribution in [0.1, 0.15) is 31.0 Å². The molecule has 0 fully saturated rings. The molecule has 0 radical (unpaired) electrons. The van der Waals surface area contributed by atoms with E-state index in [-0.39, 0.29) is 23.8 Å². The highest BCUT2D eigenvalue weighted by Crippen LogP contribution is 2.29. The number of nitrogens with one attached hydrogen (secondary N) is 2. The number of carbonyl (C=O) groups excluding carboxylic acids is 1. The molecular formula is C22H22F3N3O4. The number of H-pyrrole nitrogens is 1. The summed E-state index contributed by atoms with van der Waals surface area (Å²) >= 11 is 0. The Morgan fingerprint density at radius 2 is 1.88 bits per heavy atom. The van der Waals surface area contributed by atoms with Crippen molar-refractivity contribution in [3.63, 3.8) is 0 Å². The zero-order chi connectivity index (χ0) is 23.5. The Labute approximate surface area is 181 Å². The highest BCUT2D eigenvalue weighted by molar-refractivity contribution is 5.85. The molecule has 1 heterocycles. The number of carbonyl (C=O) groups is 1. The Morgan fingerprint density at radius 1 is 1.19 bits per heavy atom. The molecule has 170 valence electrons. The van der Waals surface area contributed by atoms with E-state index >= 15 is 0 Å². The van der Waals surface area contributed by atoms with E-state index in [1.165, 1.54) is 24.3 Å². The number of aromatic nitrogens is 2. The number of aromatic amines is 1. The van der Waals surface area contributed by atoms with Gasteiger partial charge in [0, 0.05) is 12.5 Å². The van der Waals surface area contributed by atoms with Gasteiger partial charge in [0.15, 0.2) is 0 Å². The van der Waals surface area contributed by atoms with Crippen LogP contribution in [-0.2, 0) is 11.2 Å². The number of aliphatic hydroxyl groups is 1. The van der Waals surface area contributed by atoms with Gasteiger partial charge in [-0.15, -0.1) is 13.2 Å². The molecule has 1 aromatic heterocycles. The lowest BCUT2D eigenvalue weighted by atomic mass is 9.99. The average Bonchev–Trinajstić information content (AvgIpc) is 2.72. The van der Waals surface area contributed by atoms with E-state index < -0.39 is 18.9 Å². The molecule has 0 unspecified atom stereocenters. The number of benzene rings is 2. The molecule has 0 aliphatic rings. The van der Waals surface area contributed by atoms with Gasteiger partial charge < -0.3 is 20.1 Å². The third-order valence-corrected chi connectivity index (χ3v) is 4.73. The second kappa shape index (κ2) is 9.39. The van der Waals surface area contributed by atoms with E-state index in [0.717, 1.165) is 5.56 Å². The molecule has 2 aromatic carbocycles. The van der Waals surface area contributed by atoms with Gasteiger partial charge in [0.05, 0.1) is 11.0 Å². The van der Waals surface area contributed by atoms with E-state index in [0.29, 0.717) is 34.3 Å². The number of rotatable bonds is 7. The quantitative estimate of drug-likeness (QED) is 0.514. The molecule has 0 aliphatic heterocycles. The van der Waals surface area contributed by atoms with Crippen molar-refractivity contribution >= 4 is 16.9 Å². The van der Waals surface area contributed by atoms with Crippen LogP contribution in [0.5, 0.6) is 5.75 Å². The molecule has 7 nitrogen and oxygen atoms in total. The Kier molecular flexibility index (Phi) is 6.83. The normalized spacial score (nSPS) is 11.7. The first-order valence-corrected chi connectivity index (χ1v) is 9.88. The molecule has 0 spiro atoms. The summed E-state index contributed by atoms with van der Waals surface area (Å²) in [6.07, 6.45) is -4.42. The summed E-state index contributed by atoms with van der Waals surface area (Å²) in [5.41, 5.74) is 3.07. The van der Waals surface area contributed by atoms with Crippen LogP contribution in [0.15, 0.2) is 41.2 Å². The van der Waals surface area contributed by atoms with Gasteiger partial charge in [-0.3, -0.25) is 9.59 Å². The molecule has 3 rings (SSSR count). The fraction of sp³-hybridized carbons (Fsp3) is 0.318. The topological polar surface area (TPSA) is 104 Å². The van der Waals surface area contributed by atoms with E-state index in [4.69, 9.17) is 5.11 Å². The van der Waals surface area contributed by atoms with Gasteiger partial charge in [-0.25, -0.2) is 4.98 Å². The molecule has 0 saturated carbocycles. The first-order valence-electron chi connectivity index (χ1n) is 9.88. The number of ether oxygens (including phenoxy) is 1. The van der Waals surface area contributed by atoms with E-state index in [1.54, 1.807) is 6.07 Å². The third kappa shape index (κ3) is 5.64. The van der Waals surface area contributed by atoms with Crippen molar-refractivity contribution in [3.05, 3.63) is 58.0 Å². The van der Waals surface area contributed by atoms with Crippen molar-refractivity contribution in [2.24, 2.45) is 0 Å². The minimum absolute atomic E-state index is 0.106. The number of hydrogen-bond acceptors (Lipinski definition) is 5. The maximum absolute atomic E-state index is 12.4. The summed E-state index contributed by atoms with van der Waals surface area (Å²) in [4.78, 5) is 31.1. The fourth-order valence-corrected chi connectivity index (χ4v) is 3.27. The Balaban J connectivity index is 2.04. The van der Waals surface area contributed by atoms with E-state index in [1.807, 2.05) is 19.9 Å². The van der Waals surface area contributed by atoms with Crippen molar-refractivity contribution in [2.45, 2.75) is 32.5 Å². The van der Waals surface area contributed by atoms with Crippen LogP contribution in [0.4, 0.5) is 13.2 Å². The Morgan fingerprint density at radius 3 is 2.47 bits per heavy atom. The minimum Gasteiger partial charge on any atom is -0.406 e. The van der Waals surface area contributed by atoms with Crippen LogP contribution in [0.25, 0.3) is 22.2 Å². The molecule has 32 heavy (non-hydrogen) atoms. The second-order valence-corrected chi connectivity index (χ2v) is 7.47. The number of nitrogens with zero attached hydrogens (tertiary/aromatic N) is 1. The Hall–Kier alpha value is -3.40. The number of hydrogen-bond donors (Lipinski definition) is 3. The summed E-state index contributed by atoms with van der Waals surface area (Å²) in [6, 6.07) is 8.88. The minimum atomic E-state index is -4.78. The molecule has 0 aliphatic carbocycles. The number of fused-ring (bicyclic) bond motifs is 1. The molecule has 1 amide bonds. The zero-order valence-electron chi connectivity index (χ0n) is 17.4. The molecule has 3 aromatic rings. The lowest BCUT2D eigenvalue weighted by Crippen LogP contribution is -2.28. The molecule has 0 atom stereocenters. The predicted octanol–water partition coefficient (Wildman–Crippen LogP) is 3.26. The lowest BCUT2D eigenvalue weighted by molar-refractivity contribution is -0.274. The van der Waals surface area contributed by atoms with Crippen molar-refractivity contribution in [1.29, 1.82) is 0 Å². The standard InChI is InChI=1S/C22H22F3N3O4/c1-12(2)19-21(31)27-17-10-15(13-3-5-16(6-4-13)32-22(23,24)25)9-14(20(17)28-19)7-8-26-18(30)11-29/h3-6,9-10,12,29H,7-8,11H2,1-2H3,(H,26,30)(H,27,31).